The second-order valence-corrected chi connectivity index (χ2v) is 11.2. The van der Waals surface area contributed by atoms with E-state index in [9.17, 15) is 28.5 Å². The highest BCUT2D eigenvalue weighted by Gasteiger charge is 2.37. The van der Waals surface area contributed by atoms with Gasteiger partial charge in [-0.2, -0.15) is 0 Å². The van der Waals surface area contributed by atoms with Crippen LogP contribution in [0.25, 0.3) is 0 Å². The second kappa shape index (κ2) is 14.8. The summed E-state index contributed by atoms with van der Waals surface area (Å²) in [5, 5.41) is 5.26. The topological polar surface area (TPSA) is 157 Å². The van der Waals surface area contributed by atoms with Gasteiger partial charge in [-0.1, -0.05) is 12.1 Å². The predicted molar refractivity (Wildman–Crippen MR) is 137 cm³/mol. The summed E-state index contributed by atoms with van der Waals surface area (Å²) in [4.78, 5) is 62.7. The molecule has 38 heavy (non-hydrogen) atoms. The zero-order valence-corrected chi connectivity index (χ0v) is 23.1. The number of rotatable bonds is 16. The van der Waals surface area contributed by atoms with Crippen molar-refractivity contribution in [3.05, 3.63) is 35.4 Å². The molecule has 1 aromatic rings. The fourth-order valence-corrected chi connectivity index (χ4v) is 5.53. The molecule has 1 aliphatic rings. The molecule has 0 saturated heterocycles. The van der Waals surface area contributed by atoms with Gasteiger partial charge in [-0.15, -0.1) is 0 Å². The second-order valence-electron chi connectivity index (χ2n) is 8.57. The molecular formula is C25H36N3O9P. The monoisotopic (exact) mass is 553 g/mol. The minimum Gasteiger partial charge on any atom is -0.466 e. The highest BCUT2D eigenvalue weighted by molar-refractivity contribution is 7.57. The number of nitrogens with zero attached hydrogens (tertiary/aromatic N) is 1. The highest BCUT2D eigenvalue weighted by atomic mass is 31.2. The molecule has 1 heterocycles. The molecule has 2 rings (SSSR count). The third kappa shape index (κ3) is 8.21. The number of hydrogen-bond acceptors (Lipinski definition) is 9. The summed E-state index contributed by atoms with van der Waals surface area (Å²) in [6.45, 7) is 5.20. The van der Waals surface area contributed by atoms with Crippen molar-refractivity contribution in [2.75, 3.05) is 26.9 Å². The van der Waals surface area contributed by atoms with Crippen LogP contribution >= 0.6 is 7.52 Å². The van der Waals surface area contributed by atoms with Crippen LogP contribution in [-0.2, 0) is 32.9 Å². The Morgan fingerprint density at radius 3 is 2.13 bits per heavy atom. The number of unbranched alkanes of at least 4 members (excludes halogenated alkanes) is 1. The molecule has 0 aliphatic carbocycles. The van der Waals surface area contributed by atoms with E-state index >= 15 is 0 Å². The van der Waals surface area contributed by atoms with Gasteiger partial charge in [0.25, 0.3) is 19.3 Å². The van der Waals surface area contributed by atoms with Crippen LogP contribution in [0.1, 0.15) is 73.6 Å². The van der Waals surface area contributed by atoms with Crippen molar-refractivity contribution in [2.45, 2.75) is 64.7 Å². The number of amides is 3. The van der Waals surface area contributed by atoms with Crippen molar-refractivity contribution < 1.29 is 42.5 Å². The third-order valence-corrected chi connectivity index (χ3v) is 8.28. The SMILES string of the molecule is CCOC(=O)CC[C@@H](N[P@](=O)(OC)[C@@H](C)NC(=O)CCCCN1C(=O)c2ccccc2C1=O)C(=O)OCC. The van der Waals surface area contributed by atoms with Crippen molar-refractivity contribution >= 4 is 37.2 Å². The summed E-state index contributed by atoms with van der Waals surface area (Å²) < 4.78 is 28.5. The van der Waals surface area contributed by atoms with Gasteiger partial charge in [-0.25, -0.2) is 5.09 Å². The Hall–Kier alpha value is -3.08. The first-order valence-electron chi connectivity index (χ1n) is 12.6. The summed E-state index contributed by atoms with van der Waals surface area (Å²) >= 11 is 0. The molecule has 0 fully saturated rings. The van der Waals surface area contributed by atoms with Crippen molar-refractivity contribution in [2.24, 2.45) is 0 Å². The number of fused-ring (bicyclic) bond motifs is 1. The van der Waals surface area contributed by atoms with Crippen LogP contribution < -0.4 is 10.4 Å². The maximum atomic E-state index is 13.4. The number of hydrogen-bond donors (Lipinski definition) is 2. The molecule has 12 nitrogen and oxygen atoms in total. The van der Waals surface area contributed by atoms with Crippen LogP contribution in [0.2, 0.25) is 0 Å². The largest absolute Gasteiger partial charge is 0.466 e. The molecule has 1 aliphatic heterocycles. The molecule has 3 atom stereocenters. The van der Waals surface area contributed by atoms with Crippen LogP contribution in [0.3, 0.4) is 0 Å². The molecular weight excluding hydrogens is 517 g/mol. The smallest absolute Gasteiger partial charge is 0.323 e. The first-order chi connectivity index (χ1) is 18.1. The molecule has 13 heteroatoms. The van der Waals surface area contributed by atoms with E-state index in [1.165, 1.54) is 18.9 Å². The summed E-state index contributed by atoms with van der Waals surface area (Å²) in [5.74, 6) is -3.35. The number of ether oxygens (including phenoxy) is 2. The fourth-order valence-electron chi connectivity index (χ4n) is 3.90. The van der Waals surface area contributed by atoms with Gasteiger partial charge in [0.15, 0.2) is 0 Å². The Balaban J connectivity index is 1.88. The summed E-state index contributed by atoms with van der Waals surface area (Å²) in [6, 6.07) is 5.49. The summed E-state index contributed by atoms with van der Waals surface area (Å²) in [5.41, 5.74) is 0.741. The molecule has 210 valence electrons. The van der Waals surface area contributed by atoms with Crippen LogP contribution in [0.4, 0.5) is 0 Å². The lowest BCUT2D eigenvalue weighted by molar-refractivity contribution is -0.146. The number of carbonyl (C=O) groups is 5. The minimum absolute atomic E-state index is 0.0382. The van der Waals surface area contributed by atoms with Crippen LogP contribution in [0, 0.1) is 0 Å². The Morgan fingerprint density at radius 2 is 1.58 bits per heavy atom. The van der Waals surface area contributed by atoms with Crippen molar-refractivity contribution in [3.8, 4) is 0 Å². The number of imide groups is 1. The highest BCUT2D eigenvalue weighted by Crippen LogP contribution is 2.46. The Labute approximate surface area is 222 Å². The molecule has 1 aromatic carbocycles. The predicted octanol–water partition coefficient (Wildman–Crippen LogP) is 2.62. The van der Waals surface area contributed by atoms with Gasteiger partial charge in [0.1, 0.15) is 11.8 Å². The molecule has 0 bridgehead atoms. The molecule has 0 saturated carbocycles. The lowest BCUT2D eigenvalue weighted by Gasteiger charge is -2.28. The van der Waals surface area contributed by atoms with Gasteiger partial charge in [-0.05, 0) is 52.2 Å². The Kier molecular flexibility index (Phi) is 12.1. The molecule has 0 unspecified atom stereocenters. The number of carbonyl (C=O) groups excluding carboxylic acids is 5. The third-order valence-electron chi connectivity index (χ3n) is 5.91. The lowest BCUT2D eigenvalue weighted by Crippen LogP contribution is -2.43. The van der Waals surface area contributed by atoms with E-state index in [0.29, 0.717) is 24.0 Å². The molecule has 2 N–H and O–H groups in total. The van der Waals surface area contributed by atoms with Gasteiger partial charge < -0.3 is 19.3 Å². The maximum Gasteiger partial charge on any atom is 0.323 e. The average Bonchev–Trinajstić information content (AvgIpc) is 3.13. The van der Waals surface area contributed by atoms with E-state index in [-0.39, 0.29) is 50.8 Å². The number of esters is 2. The van der Waals surface area contributed by atoms with E-state index in [4.69, 9.17) is 14.0 Å². The van der Waals surface area contributed by atoms with E-state index in [0.717, 1.165) is 0 Å². The van der Waals surface area contributed by atoms with Crippen molar-refractivity contribution in [3.63, 3.8) is 0 Å². The standard InChI is InChI=1S/C25H36N3O9P/c1-5-36-22(30)15-14-20(25(33)37-6-2)27-38(34,35-4)17(3)26-21(29)13-9-10-16-28-23(31)18-11-7-8-12-19(18)24(28)32/h7-8,11-12,17,20H,5-6,9-10,13-16H2,1-4H3,(H,26,29)(H,27,34)/t17-,20+,38+/m0/s1. The lowest BCUT2D eigenvalue weighted by atomic mass is 10.1. The van der Waals surface area contributed by atoms with Crippen molar-refractivity contribution in [1.82, 2.24) is 15.3 Å². The molecule has 0 spiro atoms. The molecule has 3 amide bonds. The number of nitrogens with one attached hydrogen (secondary N) is 2. The van der Waals surface area contributed by atoms with E-state index in [2.05, 4.69) is 10.4 Å². The Bertz CT molecular complexity index is 1040. The molecule has 0 radical (unpaired) electrons. The van der Waals surface area contributed by atoms with Crippen LogP contribution in [0.15, 0.2) is 24.3 Å². The normalized spacial score (nSPS) is 15.8. The average molecular weight is 554 g/mol. The fraction of sp³-hybridized carbons (Fsp3) is 0.560. The molecule has 0 aromatic heterocycles. The van der Waals surface area contributed by atoms with Crippen LogP contribution in [0.5, 0.6) is 0 Å². The summed E-state index contributed by atoms with van der Waals surface area (Å²) in [7, 11) is -2.61. The van der Waals surface area contributed by atoms with Gasteiger partial charge in [-0.3, -0.25) is 33.4 Å². The maximum absolute atomic E-state index is 13.4. The van der Waals surface area contributed by atoms with E-state index in [1.54, 1.807) is 38.1 Å². The van der Waals surface area contributed by atoms with Gasteiger partial charge in [0, 0.05) is 26.5 Å². The van der Waals surface area contributed by atoms with Gasteiger partial charge >= 0.3 is 11.9 Å². The van der Waals surface area contributed by atoms with Crippen LogP contribution in [-0.4, -0.2) is 73.3 Å². The van der Waals surface area contributed by atoms with Gasteiger partial charge in [0.2, 0.25) is 5.91 Å². The Morgan fingerprint density at radius 1 is 0.974 bits per heavy atom. The van der Waals surface area contributed by atoms with Crippen molar-refractivity contribution in [1.29, 1.82) is 0 Å². The van der Waals surface area contributed by atoms with Gasteiger partial charge in [0.05, 0.1) is 24.3 Å². The quantitative estimate of drug-likeness (QED) is 0.135. The number of benzene rings is 1. The zero-order valence-electron chi connectivity index (χ0n) is 22.2. The zero-order chi connectivity index (χ0) is 28.3. The van der Waals surface area contributed by atoms with E-state index in [1.807, 2.05) is 0 Å². The first-order valence-corrected chi connectivity index (χ1v) is 14.3. The minimum atomic E-state index is -3.79. The summed E-state index contributed by atoms with van der Waals surface area (Å²) in [6.07, 6.45) is 0.695. The van der Waals surface area contributed by atoms with E-state index < -0.39 is 37.2 Å². The first kappa shape index (κ1) is 31.1.